The van der Waals surface area contributed by atoms with E-state index in [9.17, 15) is 18.3 Å². The lowest BCUT2D eigenvalue weighted by atomic mass is 10.2. The van der Waals surface area contributed by atoms with E-state index in [1.165, 1.54) is 16.4 Å². The first-order chi connectivity index (χ1) is 12.3. The molecule has 1 aliphatic heterocycles. The van der Waals surface area contributed by atoms with Crippen LogP contribution in [0.4, 0.5) is 0 Å². The molecule has 2 aromatic rings. The first kappa shape index (κ1) is 18.6. The molecule has 0 unspecified atom stereocenters. The Bertz CT molecular complexity index is 993. The van der Waals surface area contributed by atoms with Gasteiger partial charge < -0.3 is 15.0 Å². The van der Waals surface area contributed by atoms with Crippen LogP contribution >= 0.6 is 12.2 Å². The Kier molecular flexibility index (Phi) is 5.12. The number of aromatic hydroxyl groups is 1. The van der Waals surface area contributed by atoms with Gasteiger partial charge in [0.25, 0.3) is 5.91 Å². The average Bonchev–Trinajstić information content (AvgIpc) is 2.63. The highest BCUT2D eigenvalue weighted by Crippen LogP contribution is 2.27. The van der Waals surface area contributed by atoms with Crippen molar-refractivity contribution >= 4 is 28.1 Å². The average molecular weight is 393 g/mol. The van der Waals surface area contributed by atoms with Gasteiger partial charge in [-0.05, 0) is 36.8 Å². The Morgan fingerprint density at radius 3 is 2.54 bits per heavy atom. The molecule has 2 heterocycles. The second-order valence-electron chi connectivity index (χ2n) is 6.08. The predicted molar refractivity (Wildman–Crippen MR) is 99.1 cm³/mol. The molecule has 9 heteroatoms. The maximum atomic E-state index is 12.8. The topological polar surface area (TPSA) is 93.7 Å². The highest BCUT2D eigenvalue weighted by Gasteiger charge is 2.32. The molecule has 138 valence electrons. The number of aryl methyl sites for hydroxylation is 1. The standard InChI is InChI=1S/C17H19N3O4S2/c1-12-4-5-14(21)15(11-12)26(23,24)20-9-7-19(8-10-20)17(22)13-3-2-6-18-16(13)25/h2-6,11,21H,7-10H2,1H3,(H,18,25). The number of hydrogen-bond acceptors (Lipinski definition) is 5. The Labute approximate surface area is 156 Å². The summed E-state index contributed by atoms with van der Waals surface area (Å²) in [4.78, 5) is 16.9. The number of H-pyrrole nitrogens is 1. The summed E-state index contributed by atoms with van der Waals surface area (Å²) in [5, 5.41) is 9.94. The van der Waals surface area contributed by atoms with E-state index in [1.54, 1.807) is 36.2 Å². The Balaban J connectivity index is 1.76. The molecule has 0 atom stereocenters. The van der Waals surface area contributed by atoms with Crippen molar-refractivity contribution in [1.82, 2.24) is 14.2 Å². The third kappa shape index (κ3) is 3.50. The fourth-order valence-electron chi connectivity index (χ4n) is 2.86. The van der Waals surface area contributed by atoms with Crippen molar-refractivity contribution in [2.45, 2.75) is 11.8 Å². The number of benzene rings is 1. The number of pyridine rings is 1. The summed E-state index contributed by atoms with van der Waals surface area (Å²) in [5.41, 5.74) is 1.14. The van der Waals surface area contributed by atoms with Crippen molar-refractivity contribution in [3.8, 4) is 5.75 Å². The van der Waals surface area contributed by atoms with Gasteiger partial charge in [-0.3, -0.25) is 4.79 Å². The van der Waals surface area contributed by atoms with Gasteiger partial charge in [0.15, 0.2) is 0 Å². The van der Waals surface area contributed by atoms with E-state index in [4.69, 9.17) is 12.2 Å². The van der Waals surface area contributed by atoms with Gasteiger partial charge in [0.1, 0.15) is 15.3 Å². The van der Waals surface area contributed by atoms with Gasteiger partial charge in [0.05, 0.1) is 5.56 Å². The van der Waals surface area contributed by atoms with Crippen molar-refractivity contribution in [1.29, 1.82) is 0 Å². The molecular formula is C17H19N3O4S2. The van der Waals surface area contributed by atoms with Crippen LogP contribution in [-0.4, -0.2) is 59.8 Å². The molecule has 0 bridgehead atoms. The number of hydrogen-bond donors (Lipinski definition) is 2. The summed E-state index contributed by atoms with van der Waals surface area (Å²) in [6, 6.07) is 7.82. The zero-order valence-corrected chi connectivity index (χ0v) is 15.8. The van der Waals surface area contributed by atoms with Gasteiger partial charge in [0.2, 0.25) is 10.0 Å². The van der Waals surface area contributed by atoms with E-state index in [2.05, 4.69) is 4.98 Å². The molecule has 0 saturated carbocycles. The van der Waals surface area contributed by atoms with Crippen molar-refractivity contribution in [3.05, 3.63) is 52.3 Å². The van der Waals surface area contributed by atoms with Crippen molar-refractivity contribution in [2.24, 2.45) is 0 Å². The van der Waals surface area contributed by atoms with Crippen LogP contribution in [-0.2, 0) is 10.0 Å². The zero-order chi connectivity index (χ0) is 18.9. The van der Waals surface area contributed by atoms with E-state index >= 15 is 0 Å². The highest BCUT2D eigenvalue weighted by molar-refractivity contribution is 7.89. The Morgan fingerprint density at radius 2 is 1.88 bits per heavy atom. The van der Waals surface area contributed by atoms with Gasteiger partial charge in [0, 0.05) is 32.4 Å². The number of aromatic nitrogens is 1. The Morgan fingerprint density at radius 1 is 1.19 bits per heavy atom. The Hall–Kier alpha value is -2.23. The molecular weight excluding hydrogens is 374 g/mol. The molecule has 1 amide bonds. The SMILES string of the molecule is Cc1ccc(O)c(S(=O)(=O)N2CCN(C(=O)c3ccc[nH]c3=S)CC2)c1. The number of rotatable bonds is 3. The molecule has 26 heavy (non-hydrogen) atoms. The fraction of sp³-hybridized carbons (Fsp3) is 0.294. The van der Waals surface area contributed by atoms with Gasteiger partial charge in [-0.15, -0.1) is 0 Å². The maximum absolute atomic E-state index is 12.8. The molecule has 1 aliphatic rings. The lowest BCUT2D eigenvalue weighted by Gasteiger charge is -2.34. The first-order valence-electron chi connectivity index (χ1n) is 8.07. The lowest BCUT2D eigenvalue weighted by Crippen LogP contribution is -2.50. The van der Waals surface area contributed by atoms with E-state index in [0.717, 1.165) is 5.56 Å². The third-order valence-corrected chi connectivity index (χ3v) is 6.57. The van der Waals surface area contributed by atoms with Crippen LogP contribution in [0.2, 0.25) is 0 Å². The smallest absolute Gasteiger partial charge is 0.256 e. The molecule has 0 aliphatic carbocycles. The van der Waals surface area contributed by atoms with Crippen molar-refractivity contribution < 1.29 is 18.3 Å². The summed E-state index contributed by atoms with van der Waals surface area (Å²) < 4.78 is 27.3. The largest absolute Gasteiger partial charge is 0.507 e. The first-order valence-corrected chi connectivity index (χ1v) is 9.92. The second-order valence-corrected chi connectivity index (χ2v) is 8.39. The number of nitrogens with zero attached hydrogens (tertiary/aromatic N) is 2. The van der Waals surface area contributed by atoms with Crippen LogP contribution < -0.4 is 0 Å². The molecule has 1 fully saturated rings. The molecule has 7 nitrogen and oxygen atoms in total. The van der Waals surface area contributed by atoms with E-state index in [0.29, 0.717) is 10.2 Å². The number of aromatic amines is 1. The number of phenolic OH excluding ortho intramolecular Hbond substituents is 1. The quantitative estimate of drug-likeness (QED) is 0.777. The minimum atomic E-state index is -3.82. The molecule has 3 rings (SSSR count). The minimum absolute atomic E-state index is 0.109. The second kappa shape index (κ2) is 7.18. The number of phenols is 1. The molecule has 0 spiro atoms. The highest BCUT2D eigenvalue weighted by atomic mass is 32.2. The van der Waals surface area contributed by atoms with E-state index in [1.807, 2.05) is 0 Å². The molecule has 1 saturated heterocycles. The molecule has 0 radical (unpaired) electrons. The lowest BCUT2D eigenvalue weighted by molar-refractivity contribution is 0.0696. The number of carbonyl (C=O) groups excluding carboxylic acids is 1. The zero-order valence-electron chi connectivity index (χ0n) is 14.2. The van der Waals surface area contributed by atoms with Crippen molar-refractivity contribution in [3.63, 3.8) is 0 Å². The normalized spacial score (nSPS) is 15.8. The van der Waals surface area contributed by atoms with E-state index < -0.39 is 10.0 Å². The van der Waals surface area contributed by atoms with Gasteiger partial charge >= 0.3 is 0 Å². The van der Waals surface area contributed by atoms with Gasteiger partial charge in [-0.1, -0.05) is 18.3 Å². The van der Waals surface area contributed by atoms with Gasteiger partial charge in [-0.2, -0.15) is 4.31 Å². The van der Waals surface area contributed by atoms with Crippen LogP contribution in [0.15, 0.2) is 41.4 Å². The summed E-state index contributed by atoms with van der Waals surface area (Å²) >= 11 is 5.13. The molecule has 2 N–H and O–H groups in total. The number of nitrogens with one attached hydrogen (secondary N) is 1. The van der Waals surface area contributed by atoms with Crippen LogP contribution in [0.3, 0.4) is 0 Å². The van der Waals surface area contributed by atoms with Crippen LogP contribution in [0.1, 0.15) is 15.9 Å². The number of amides is 1. The van der Waals surface area contributed by atoms with Gasteiger partial charge in [-0.25, -0.2) is 8.42 Å². The monoisotopic (exact) mass is 393 g/mol. The summed E-state index contributed by atoms with van der Waals surface area (Å²) in [5.74, 6) is -0.494. The summed E-state index contributed by atoms with van der Waals surface area (Å²) in [6.45, 7) is 2.59. The predicted octanol–water partition coefficient (Wildman–Crippen LogP) is 1.90. The van der Waals surface area contributed by atoms with Crippen LogP contribution in [0.25, 0.3) is 0 Å². The minimum Gasteiger partial charge on any atom is -0.507 e. The molecule has 1 aromatic heterocycles. The maximum Gasteiger partial charge on any atom is 0.256 e. The summed E-state index contributed by atoms with van der Waals surface area (Å²) in [7, 11) is -3.82. The summed E-state index contributed by atoms with van der Waals surface area (Å²) in [6.07, 6.45) is 1.65. The van der Waals surface area contributed by atoms with Crippen LogP contribution in [0, 0.1) is 11.6 Å². The molecule has 1 aromatic carbocycles. The van der Waals surface area contributed by atoms with Crippen LogP contribution in [0.5, 0.6) is 5.75 Å². The number of sulfonamides is 1. The number of carbonyl (C=O) groups is 1. The fourth-order valence-corrected chi connectivity index (χ4v) is 4.67. The number of piperazine rings is 1. The third-order valence-electron chi connectivity index (χ3n) is 4.31. The van der Waals surface area contributed by atoms with Crippen molar-refractivity contribution in [2.75, 3.05) is 26.2 Å². The van der Waals surface area contributed by atoms with E-state index in [-0.39, 0.29) is 42.7 Å².